The highest BCUT2D eigenvalue weighted by atomic mass is 16.5. The highest BCUT2D eigenvalue weighted by molar-refractivity contribution is 6.21. The lowest BCUT2D eigenvalue weighted by atomic mass is 10.0. The van der Waals surface area contributed by atoms with Gasteiger partial charge in [0.05, 0.1) is 23.2 Å². The van der Waals surface area contributed by atoms with Crippen LogP contribution in [0.4, 0.5) is 4.79 Å². The molecule has 0 aromatic heterocycles. The minimum atomic E-state index is -1.26. The van der Waals surface area contributed by atoms with Gasteiger partial charge in [0.1, 0.15) is 0 Å². The van der Waals surface area contributed by atoms with Crippen molar-refractivity contribution in [1.82, 2.24) is 10.2 Å². The van der Waals surface area contributed by atoms with E-state index in [1.807, 2.05) is 11.4 Å². The number of urea groups is 1. The first-order valence-electron chi connectivity index (χ1n) is 9.54. The van der Waals surface area contributed by atoms with Crippen LogP contribution in [-0.2, 0) is 16.1 Å². The van der Waals surface area contributed by atoms with E-state index in [-0.39, 0.29) is 23.2 Å². The van der Waals surface area contributed by atoms with Crippen LogP contribution in [0, 0.1) is 5.92 Å². The van der Waals surface area contributed by atoms with Gasteiger partial charge in [-0.15, -0.1) is 0 Å². The number of nitrogens with two attached hydrogens (primary N) is 1. The zero-order valence-electron chi connectivity index (χ0n) is 17.0. The Bertz CT molecular complexity index is 1060. The van der Waals surface area contributed by atoms with E-state index < -0.39 is 41.7 Å². The smallest absolute Gasteiger partial charge is 0.338 e. The molecule has 0 fully saturated rings. The average Bonchev–Trinajstić information content (AvgIpc) is 2.96. The van der Waals surface area contributed by atoms with E-state index in [2.05, 4.69) is 0 Å². The molecule has 1 aliphatic rings. The minimum Gasteiger partial charge on any atom is -0.448 e. The first kappa shape index (κ1) is 21.7. The van der Waals surface area contributed by atoms with Crippen molar-refractivity contribution in [2.45, 2.75) is 26.5 Å². The number of esters is 1. The molecule has 0 aliphatic carbocycles. The third-order valence-corrected chi connectivity index (χ3v) is 4.73. The predicted molar refractivity (Wildman–Crippen MR) is 109 cm³/mol. The first-order chi connectivity index (χ1) is 14.7. The van der Waals surface area contributed by atoms with Gasteiger partial charge in [0, 0.05) is 0 Å². The summed E-state index contributed by atoms with van der Waals surface area (Å²) >= 11 is 0. The Morgan fingerprint density at radius 3 is 2.26 bits per heavy atom. The number of nitrogens with one attached hydrogen (secondary N) is 1. The van der Waals surface area contributed by atoms with Crippen LogP contribution in [0.5, 0.6) is 0 Å². The van der Waals surface area contributed by atoms with Crippen molar-refractivity contribution in [3.63, 3.8) is 0 Å². The molecule has 1 aliphatic heterocycles. The highest BCUT2D eigenvalue weighted by Crippen LogP contribution is 2.26. The van der Waals surface area contributed by atoms with Crippen LogP contribution in [0.1, 0.15) is 50.5 Å². The third-order valence-electron chi connectivity index (χ3n) is 4.73. The average molecular weight is 423 g/mol. The molecule has 3 N–H and O–H groups in total. The van der Waals surface area contributed by atoms with Crippen LogP contribution in [0.3, 0.4) is 0 Å². The molecule has 0 spiro atoms. The van der Waals surface area contributed by atoms with Gasteiger partial charge in [0.25, 0.3) is 17.7 Å². The highest BCUT2D eigenvalue weighted by Gasteiger charge is 2.36. The fraction of sp³-hybridized carbons (Fsp3) is 0.227. The number of carbonyl (C=O) groups excluding carboxylic acids is 5. The molecule has 5 amide bonds. The number of rotatable bonds is 6. The van der Waals surface area contributed by atoms with E-state index in [1.165, 1.54) is 18.2 Å². The van der Waals surface area contributed by atoms with Crippen LogP contribution < -0.4 is 11.1 Å². The number of imide groups is 2. The summed E-state index contributed by atoms with van der Waals surface area (Å²) in [4.78, 5) is 62.1. The molecule has 3 rings (SSSR count). The van der Waals surface area contributed by atoms with Crippen molar-refractivity contribution in [2.75, 3.05) is 0 Å². The molecular formula is C22H21N3O6. The lowest BCUT2D eigenvalue weighted by Gasteiger charge is -2.19. The summed E-state index contributed by atoms with van der Waals surface area (Å²) in [5, 5.41) is 1.88. The van der Waals surface area contributed by atoms with Gasteiger partial charge in [0.2, 0.25) is 0 Å². The summed E-state index contributed by atoms with van der Waals surface area (Å²) in [5.41, 5.74) is 6.00. The molecule has 1 atom stereocenters. The van der Waals surface area contributed by atoms with Crippen molar-refractivity contribution in [3.05, 3.63) is 70.8 Å². The van der Waals surface area contributed by atoms with Crippen LogP contribution in [0.15, 0.2) is 48.5 Å². The Kier molecular flexibility index (Phi) is 6.15. The quantitative estimate of drug-likeness (QED) is 0.538. The molecule has 2 aromatic rings. The lowest BCUT2D eigenvalue weighted by Crippen LogP contribution is -2.45. The number of benzene rings is 2. The van der Waals surface area contributed by atoms with Gasteiger partial charge in [-0.05, 0) is 29.7 Å². The van der Waals surface area contributed by atoms with Gasteiger partial charge >= 0.3 is 12.0 Å². The number of primary amides is 1. The Morgan fingerprint density at radius 1 is 1.00 bits per heavy atom. The third kappa shape index (κ3) is 4.61. The number of fused-ring (bicyclic) bond motifs is 1. The zero-order valence-corrected chi connectivity index (χ0v) is 17.0. The summed E-state index contributed by atoms with van der Waals surface area (Å²) in [5.74, 6) is -3.14. The molecule has 9 nitrogen and oxygen atoms in total. The van der Waals surface area contributed by atoms with Gasteiger partial charge in [-0.3, -0.25) is 24.6 Å². The Morgan fingerprint density at radius 2 is 1.65 bits per heavy atom. The predicted octanol–water partition coefficient (Wildman–Crippen LogP) is 1.86. The van der Waals surface area contributed by atoms with Gasteiger partial charge in [-0.25, -0.2) is 9.59 Å². The molecule has 0 radical (unpaired) electrons. The largest absolute Gasteiger partial charge is 0.448 e. The fourth-order valence-electron chi connectivity index (χ4n) is 3.20. The maximum Gasteiger partial charge on any atom is 0.338 e. The summed E-state index contributed by atoms with van der Waals surface area (Å²) in [6.07, 6.45) is -1.26. The topological polar surface area (TPSA) is 136 Å². The van der Waals surface area contributed by atoms with Crippen LogP contribution in [0.25, 0.3) is 0 Å². The van der Waals surface area contributed by atoms with Crippen molar-refractivity contribution >= 4 is 29.7 Å². The van der Waals surface area contributed by atoms with E-state index in [0.717, 1.165) is 10.5 Å². The Labute approximate surface area is 178 Å². The first-order valence-corrected chi connectivity index (χ1v) is 9.54. The number of amides is 5. The second kappa shape index (κ2) is 8.78. The van der Waals surface area contributed by atoms with E-state index >= 15 is 0 Å². The molecule has 0 saturated heterocycles. The Hall–Kier alpha value is -4.01. The van der Waals surface area contributed by atoms with Gasteiger partial charge in [-0.1, -0.05) is 44.2 Å². The standard InChI is InChI=1S/C22H21N3O6/c1-12(2)17(18(26)24-22(23)30)31-21(29)14-8-9-15-16(10-14)20(28)25(19(15)27)11-13-6-4-3-5-7-13/h3-10,12,17H,11H2,1-2H3,(H3,23,24,26,30). The van der Waals surface area contributed by atoms with E-state index in [1.54, 1.807) is 38.1 Å². The molecule has 0 saturated carbocycles. The zero-order chi connectivity index (χ0) is 22.7. The van der Waals surface area contributed by atoms with E-state index in [0.29, 0.717) is 0 Å². The van der Waals surface area contributed by atoms with Crippen LogP contribution >= 0.6 is 0 Å². The molecule has 1 heterocycles. The number of hydrogen-bond donors (Lipinski definition) is 2. The molecule has 0 bridgehead atoms. The number of carbonyl (C=O) groups is 5. The minimum absolute atomic E-state index is 0.000939. The van der Waals surface area contributed by atoms with Gasteiger partial charge in [-0.2, -0.15) is 0 Å². The van der Waals surface area contributed by atoms with Gasteiger partial charge in [0.15, 0.2) is 6.10 Å². The normalized spacial score (nSPS) is 13.7. The lowest BCUT2D eigenvalue weighted by molar-refractivity contribution is -0.130. The van der Waals surface area contributed by atoms with Crippen LogP contribution in [0.2, 0.25) is 0 Å². The van der Waals surface area contributed by atoms with Crippen molar-refractivity contribution in [1.29, 1.82) is 0 Å². The Balaban J connectivity index is 1.80. The molecule has 31 heavy (non-hydrogen) atoms. The van der Waals surface area contributed by atoms with Crippen molar-refractivity contribution in [2.24, 2.45) is 11.7 Å². The SMILES string of the molecule is CC(C)C(OC(=O)c1ccc2c(c1)C(=O)N(Cc1ccccc1)C2=O)C(=O)NC(N)=O. The second-order valence-electron chi connectivity index (χ2n) is 7.37. The molecule has 1 unspecified atom stereocenters. The van der Waals surface area contributed by atoms with Crippen LogP contribution in [-0.4, -0.2) is 40.7 Å². The van der Waals surface area contributed by atoms with E-state index in [4.69, 9.17) is 10.5 Å². The molecule has 9 heteroatoms. The summed E-state index contributed by atoms with van der Waals surface area (Å²) in [6.45, 7) is 3.37. The van der Waals surface area contributed by atoms with E-state index in [9.17, 15) is 24.0 Å². The monoisotopic (exact) mass is 423 g/mol. The number of ether oxygens (including phenoxy) is 1. The molecular weight excluding hydrogens is 402 g/mol. The number of nitrogens with zero attached hydrogens (tertiary/aromatic N) is 1. The maximum atomic E-state index is 12.8. The molecule has 160 valence electrons. The summed E-state index contributed by atoms with van der Waals surface area (Å²) < 4.78 is 5.24. The number of hydrogen-bond acceptors (Lipinski definition) is 6. The summed E-state index contributed by atoms with van der Waals surface area (Å²) in [7, 11) is 0. The maximum absolute atomic E-state index is 12.8. The molecule has 2 aromatic carbocycles. The van der Waals surface area contributed by atoms with Crippen molar-refractivity contribution in [3.8, 4) is 0 Å². The second-order valence-corrected chi connectivity index (χ2v) is 7.37. The fourth-order valence-corrected chi connectivity index (χ4v) is 3.20. The van der Waals surface area contributed by atoms with Gasteiger partial charge < -0.3 is 10.5 Å². The van der Waals surface area contributed by atoms with Crippen molar-refractivity contribution < 1.29 is 28.7 Å². The summed E-state index contributed by atoms with van der Waals surface area (Å²) in [6, 6.07) is 12.0.